The van der Waals surface area contributed by atoms with Gasteiger partial charge in [-0.15, -0.1) is 11.6 Å². The molecule has 0 radical (unpaired) electrons. The lowest BCUT2D eigenvalue weighted by Crippen LogP contribution is -2.56. The van der Waals surface area contributed by atoms with Crippen LogP contribution in [0.5, 0.6) is 0 Å². The van der Waals surface area contributed by atoms with Gasteiger partial charge in [-0.25, -0.2) is 9.59 Å². The Bertz CT molecular complexity index is 707. The summed E-state index contributed by atoms with van der Waals surface area (Å²) in [5, 5.41) is 5.17. The molecule has 35 heavy (non-hydrogen) atoms. The number of hydrogen-bond donors (Lipinski definition) is 2. The molecule has 0 aliphatic heterocycles. The Morgan fingerprint density at radius 2 is 1.46 bits per heavy atom. The van der Waals surface area contributed by atoms with E-state index in [0.717, 1.165) is 19.3 Å². The molecule has 0 spiro atoms. The largest absolute Gasteiger partial charge is 0.458 e. The maximum Gasteiger partial charge on any atom is 0.408 e. The van der Waals surface area contributed by atoms with Crippen molar-refractivity contribution in [3.63, 3.8) is 0 Å². The van der Waals surface area contributed by atoms with Gasteiger partial charge in [0, 0.05) is 5.92 Å². The van der Waals surface area contributed by atoms with Crippen molar-refractivity contribution < 1.29 is 23.9 Å². The zero-order chi connectivity index (χ0) is 27.6. The van der Waals surface area contributed by atoms with E-state index in [1.165, 1.54) is 0 Å². The van der Waals surface area contributed by atoms with Crippen molar-refractivity contribution in [1.29, 1.82) is 0 Å². The van der Waals surface area contributed by atoms with E-state index in [4.69, 9.17) is 21.1 Å². The predicted octanol–water partition coefficient (Wildman–Crippen LogP) is 6.13. The van der Waals surface area contributed by atoms with Gasteiger partial charge in [-0.1, -0.05) is 52.2 Å². The predicted molar refractivity (Wildman–Crippen MR) is 142 cm³/mol. The number of halogens is 1. The molecule has 1 unspecified atom stereocenters. The van der Waals surface area contributed by atoms with Crippen molar-refractivity contribution in [1.82, 2.24) is 10.6 Å². The number of rotatable bonds is 13. The van der Waals surface area contributed by atoms with E-state index in [1.54, 1.807) is 48.5 Å². The Kier molecular flexibility index (Phi) is 14.0. The maximum atomic E-state index is 13.6. The maximum absolute atomic E-state index is 13.6. The van der Waals surface area contributed by atoms with Gasteiger partial charge in [0.05, 0.1) is 5.38 Å². The fraction of sp³-hybridized carbons (Fsp3) is 0.815. The molecule has 8 heteroatoms. The van der Waals surface area contributed by atoms with Crippen molar-refractivity contribution in [2.75, 3.05) is 0 Å². The monoisotopic (exact) mass is 516 g/mol. The Morgan fingerprint density at radius 1 is 0.914 bits per heavy atom. The topological polar surface area (TPSA) is 93.7 Å². The number of ether oxygens (including phenoxy) is 2. The van der Waals surface area contributed by atoms with Crippen LogP contribution in [0.3, 0.4) is 0 Å². The summed E-state index contributed by atoms with van der Waals surface area (Å²) in [5.74, 6) is -1.31. The van der Waals surface area contributed by atoms with Gasteiger partial charge in [0.25, 0.3) is 0 Å². The van der Waals surface area contributed by atoms with Gasteiger partial charge in [0.1, 0.15) is 23.3 Å². The van der Waals surface area contributed by atoms with Crippen LogP contribution in [-0.4, -0.2) is 46.6 Å². The van der Waals surface area contributed by atoms with Gasteiger partial charge in [0.15, 0.2) is 0 Å². The highest BCUT2D eigenvalue weighted by Gasteiger charge is 2.37. The van der Waals surface area contributed by atoms with Gasteiger partial charge < -0.3 is 20.1 Å². The summed E-state index contributed by atoms with van der Waals surface area (Å²) in [6, 6.07) is -1.87. The van der Waals surface area contributed by atoms with Crippen molar-refractivity contribution >= 4 is 29.6 Å². The lowest BCUT2D eigenvalue weighted by Gasteiger charge is -2.32. The van der Waals surface area contributed by atoms with Crippen LogP contribution in [0.2, 0.25) is 0 Å². The van der Waals surface area contributed by atoms with Gasteiger partial charge in [-0.3, -0.25) is 4.79 Å². The minimum atomic E-state index is -1.01. The Balaban J connectivity index is 6.12. The van der Waals surface area contributed by atoms with Gasteiger partial charge in [0.2, 0.25) is 5.91 Å². The fourth-order valence-electron chi connectivity index (χ4n) is 3.58. The van der Waals surface area contributed by atoms with Crippen LogP contribution in [0.15, 0.2) is 12.2 Å². The molecule has 0 saturated heterocycles. The Morgan fingerprint density at radius 3 is 1.89 bits per heavy atom. The Labute approximate surface area is 218 Å². The molecule has 0 aromatic heterocycles. The molecule has 0 rings (SSSR count). The van der Waals surface area contributed by atoms with Gasteiger partial charge in [-0.2, -0.15) is 0 Å². The van der Waals surface area contributed by atoms with Crippen LogP contribution < -0.4 is 10.6 Å². The molecule has 7 nitrogen and oxygen atoms in total. The molecule has 0 aliphatic rings. The van der Waals surface area contributed by atoms with Gasteiger partial charge >= 0.3 is 12.1 Å². The van der Waals surface area contributed by atoms with E-state index in [0.29, 0.717) is 18.4 Å². The smallest absolute Gasteiger partial charge is 0.408 e. The highest BCUT2D eigenvalue weighted by molar-refractivity contribution is 6.22. The first-order chi connectivity index (χ1) is 15.9. The molecule has 0 bridgehead atoms. The normalized spacial score (nSPS) is 15.5. The third-order valence-corrected chi connectivity index (χ3v) is 5.46. The number of unbranched alkanes of at least 4 members (excludes halogenated alkanes) is 2. The molecule has 0 aliphatic carbocycles. The molecule has 0 saturated carbocycles. The first-order valence-corrected chi connectivity index (χ1v) is 13.2. The summed E-state index contributed by atoms with van der Waals surface area (Å²) < 4.78 is 11.0. The second-order valence-electron chi connectivity index (χ2n) is 11.6. The zero-order valence-electron chi connectivity index (χ0n) is 23.5. The number of alkyl carbamates (subject to hydrolysis) is 1. The van der Waals surface area contributed by atoms with Crippen LogP contribution in [-0.2, 0) is 19.1 Å². The molecule has 0 fully saturated rings. The minimum Gasteiger partial charge on any atom is -0.458 e. The highest BCUT2D eigenvalue weighted by Crippen LogP contribution is 2.27. The third-order valence-electron chi connectivity index (χ3n) is 5.18. The van der Waals surface area contributed by atoms with Crippen LogP contribution in [0.4, 0.5) is 4.79 Å². The van der Waals surface area contributed by atoms with E-state index < -0.39 is 52.6 Å². The summed E-state index contributed by atoms with van der Waals surface area (Å²) in [6.07, 6.45) is 3.10. The van der Waals surface area contributed by atoms with Crippen molar-refractivity contribution in [3.8, 4) is 0 Å². The first kappa shape index (κ1) is 33.2. The molecule has 2 amide bonds. The second kappa shape index (κ2) is 14.7. The molecule has 4 atom stereocenters. The molecule has 204 valence electrons. The van der Waals surface area contributed by atoms with Crippen LogP contribution in [0, 0.1) is 11.8 Å². The minimum absolute atomic E-state index is 0.128. The van der Waals surface area contributed by atoms with Crippen LogP contribution in [0.1, 0.15) is 101 Å². The first-order valence-electron chi connectivity index (χ1n) is 12.7. The highest BCUT2D eigenvalue weighted by atomic mass is 35.5. The molecule has 0 heterocycles. The summed E-state index contributed by atoms with van der Waals surface area (Å²) in [5.41, 5.74) is -0.788. The standard InChI is InChI=1S/C27H49ClN2O5/c1-12-13-14-15-20(18(4)19(5)28)22(30-25(33)35-27(9,10)11)23(31)29-21(16-17(2)3)24(32)34-26(6,7)8/h17,19-22H,4,12-16H2,1-3,5-11H3,(H,29,31)(H,30,33)/t19?,20-,21-,22+/m0/s1. The lowest BCUT2D eigenvalue weighted by atomic mass is 9.85. The van der Waals surface area contributed by atoms with E-state index in [1.807, 2.05) is 13.8 Å². The zero-order valence-corrected chi connectivity index (χ0v) is 24.3. The number of esters is 1. The molecule has 0 aromatic rings. The van der Waals surface area contributed by atoms with Crippen molar-refractivity contribution in [3.05, 3.63) is 12.2 Å². The number of alkyl halides is 1. The number of carbonyl (C=O) groups is 3. The molecular formula is C27H49ClN2O5. The summed E-state index contributed by atoms with van der Waals surface area (Å²) >= 11 is 6.38. The average molecular weight is 517 g/mol. The quantitative estimate of drug-likeness (QED) is 0.133. The average Bonchev–Trinajstić information content (AvgIpc) is 2.65. The van der Waals surface area contributed by atoms with E-state index >= 15 is 0 Å². The molecule has 2 N–H and O–H groups in total. The van der Waals surface area contributed by atoms with E-state index in [2.05, 4.69) is 24.1 Å². The van der Waals surface area contributed by atoms with E-state index in [-0.39, 0.29) is 5.92 Å². The second-order valence-corrected chi connectivity index (χ2v) is 12.3. The lowest BCUT2D eigenvalue weighted by molar-refractivity contribution is -0.159. The molecule has 0 aromatic carbocycles. The van der Waals surface area contributed by atoms with Crippen molar-refractivity contribution in [2.45, 2.75) is 130 Å². The number of amides is 2. The summed E-state index contributed by atoms with van der Waals surface area (Å²) in [7, 11) is 0. The SMILES string of the molecule is C=C(C(C)Cl)[C@H](CCCCC)[C@@H](NC(=O)OC(C)(C)C)C(=O)N[C@@H](CC(C)C)C(=O)OC(C)(C)C. The van der Waals surface area contributed by atoms with Crippen molar-refractivity contribution in [2.24, 2.45) is 11.8 Å². The summed E-state index contributed by atoms with van der Waals surface area (Å²) in [6.45, 7) is 22.5. The van der Waals surface area contributed by atoms with Crippen LogP contribution >= 0.6 is 11.6 Å². The third kappa shape index (κ3) is 14.4. The number of carbonyl (C=O) groups excluding carboxylic acids is 3. The molecular weight excluding hydrogens is 468 g/mol. The van der Waals surface area contributed by atoms with E-state index in [9.17, 15) is 14.4 Å². The Hall–Kier alpha value is -1.76. The van der Waals surface area contributed by atoms with Gasteiger partial charge in [-0.05, 0) is 67.2 Å². The number of nitrogens with one attached hydrogen (secondary N) is 2. The van der Waals surface area contributed by atoms with Crippen LogP contribution in [0.25, 0.3) is 0 Å². The summed E-state index contributed by atoms with van der Waals surface area (Å²) in [4.78, 5) is 39.2. The number of hydrogen-bond acceptors (Lipinski definition) is 5. The fourth-order valence-corrected chi connectivity index (χ4v) is 3.74.